The van der Waals surface area contributed by atoms with Crippen LogP contribution in [0.25, 0.3) is 11.1 Å². The van der Waals surface area contributed by atoms with E-state index in [2.05, 4.69) is 15.3 Å². The molecule has 0 aliphatic rings. The third-order valence-corrected chi connectivity index (χ3v) is 3.13. The Morgan fingerprint density at radius 3 is 2.45 bits per heavy atom. The van der Waals surface area contributed by atoms with E-state index in [4.69, 9.17) is 17.3 Å². The molecule has 0 saturated carbocycles. The van der Waals surface area contributed by atoms with Gasteiger partial charge in [0.1, 0.15) is 5.82 Å². The Hall–Kier alpha value is -2.02. The molecule has 4 nitrogen and oxygen atoms in total. The van der Waals surface area contributed by atoms with Crippen molar-refractivity contribution in [2.45, 2.75) is 26.1 Å². The number of nitrogens with two attached hydrogens (primary N) is 1. The van der Waals surface area contributed by atoms with Gasteiger partial charge in [0.2, 0.25) is 5.95 Å². The second-order valence-corrected chi connectivity index (χ2v) is 5.39. The molecule has 2 rings (SSSR count). The van der Waals surface area contributed by atoms with E-state index in [0.717, 1.165) is 12.1 Å². The van der Waals surface area contributed by atoms with Crippen LogP contribution < -0.4 is 11.1 Å². The number of anilines is 2. The SMILES string of the molecule is CC(C)Nc1nc(N)ncc1-c1ccc(C(F)(F)F)cc1Cl. The fraction of sp³-hybridized carbons (Fsp3) is 0.286. The third kappa shape index (κ3) is 3.59. The molecule has 0 amide bonds. The van der Waals surface area contributed by atoms with Crippen LogP contribution in [0.5, 0.6) is 0 Å². The van der Waals surface area contributed by atoms with Crippen LogP contribution in [0.4, 0.5) is 24.9 Å². The summed E-state index contributed by atoms with van der Waals surface area (Å²) in [5.74, 6) is 0.485. The molecule has 0 atom stereocenters. The molecule has 0 unspecified atom stereocenters. The molecule has 0 spiro atoms. The first kappa shape index (κ1) is 16.4. The van der Waals surface area contributed by atoms with E-state index in [9.17, 15) is 13.2 Å². The number of aromatic nitrogens is 2. The molecule has 0 bridgehead atoms. The number of nitrogen functional groups attached to an aromatic ring is 1. The number of hydrogen-bond acceptors (Lipinski definition) is 4. The second kappa shape index (κ2) is 6.00. The van der Waals surface area contributed by atoms with Gasteiger partial charge in [0.15, 0.2) is 0 Å². The maximum Gasteiger partial charge on any atom is 0.416 e. The van der Waals surface area contributed by atoms with Crippen LogP contribution >= 0.6 is 11.6 Å². The van der Waals surface area contributed by atoms with Gasteiger partial charge in [0, 0.05) is 28.4 Å². The molecule has 118 valence electrons. The molecule has 0 aliphatic heterocycles. The van der Waals surface area contributed by atoms with Gasteiger partial charge in [-0.1, -0.05) is 17.7 Å². The van der Waals surface area contributed by atoms with Crippen molar-refractivity contribution in [3.8, 4) is 11.1 Å². The molecular formula is C14H14ClF3N4. The summed E-state index contributed by atoms with van der Waals surface area (Å²) in [5.41, 5.74) is 5.64. The van der Waals surface area contributed by atoms with E-state index in [1.54, 1.807) is 0 Å². The molecule has 8 heteroatoms. The van der Waals surface area contributed by atoms with E-state index in [1.165, 1.54) is 12.3 Å². The summed E-state index contributed by atoms with van der Waals surface area (Å²) >= 11 is 6.00. The normalized spacial score (nSPS) is 11.8. The van der Waals surface area contributed by atoms with Crippen molar-refractivity contribution in [2.75, 3.05) is 11.1 Å². The second-order valence-electron chi connectivity index (χ2n) is 4.98. The molecule has 0 radical (unpaired) electrons. The first-order valence-corrected chi connectivity index (χ1v) is 6.82. The van der Waals surface area contributed by atoms with Gasteiger partial charge in [0.25, 0.3) is 0 Å². The minimum atomic E-state index is -4.45. The Kier molecular flexibility index (Phi) is 4.46. The Morgan fingerprint density at radius 2 is 1.91 bits per heavy atom. The van der Waals surface area contributed by atoms with Crippen LogP contribution in [0.3, 0.4) is 0 Å². The molecule has 0 saturated heterocycles. The molecule has 1 aromatic carbocycles. The highest BCUT2D eigenvalue weighted by atomic mass is 35.5. The fourth-order valence-corrected chi connectivity index (χ4v) is 2.17. The standard InChI is InChI=1S/C14H14ClF3N4/c1-7(2)21-12-10(6-20-13(19)22-12)9-4-3-8(5-11(9)15)14(16,17)18/h3-7H,1-2H3,(H3,19,20,21,22). The number of rotatable bonds is 3. The van der Waals surface area contributed by atoms with Crippen LogP contribution in [-0.2, 0) is 6.18 Å². The molecule has 3 N–H and O–H groups in total. The average molecular weight is 331 g/mol. The van der Waals surface area contributed by atoms with E-state index in [0.29, 0.717) is 16.9 Å². The highest BCUT2D eigenvalue weighted by Gasteiger charge is 2.31. The van der Waals surface area contributed by atoms with E-state index >= 15 is 0 Å². The Bertz CT molecular complexity index is 686. The zero-order valence-electron chi connectivity index (χ0n) is 11.9. The van der Waals surface area contributed by atoms with Gasteiger partial charge in [-0.15, -0.1) is 0 Å². The Morgan fingerprint density at radius 1 is 1.23 bits per heavy atom. The third-order valence-electron chi connectivity index (χ3n) is 2.82. The van der Waals surface area contributed by atoms with Gasteiger partial charge in [0.05, 0.1) is 5.56 Å². The lowest BCUT2D eigenvalue weighted by Crippen LogP contribution is -2.13. The van der Waals surface area contributed by atoms with Gasteiger partial charge >= 0.3 is 6.18 Å². The number of alkyl halides is 3. The van der Waals surface area contributed by atoms with Crippen molar-refractivity contribution in [3.05, 3.63) is 35.0 Å². The Balaban J connectivity index is 2.52. The summed E-state index contributed by atoms with van der Waals surface area (Å²) in [6.45, 7) is 3.80. The highest BCUT2D eigenvalue weighted by molar-refractivity contribution is 6.33. The predicted octanol–water partition coefficient (Wildman–Crippen LogP) is 4.22. The largest absolute Gasteiger partial charge is 0.416 e. The minimum absolute atomic E-state index is 0.0324. The summed E-state index contributed by atoms with van der Waals surface area (Å²) in [7, 11) is 0. The maximum atomic E-state index is 12.7. The lowest BCUT2D eigenvalue weighted by Gasteiger charge is -2.15. The minimum Gasteiger partial charge on any atom is -0.368 e. The van der Waals surface area contributed by atoms with Gasteiger partial charge in [-0.25, -0.2) is 4.98 Å². The molecule has 2 aromatic rings. The van der Waals surface area contributed by atoms with Crippen LogP contribution in [0.15, 0.2) is 24.4 Å². The number of nitrogens with zero attached hydrogens (tertiary/aromatic N) is 2. The summed E-state index contributed by atoms with van der Waals surface area (Å²) in [6.07, 6.45) is -3.01. The van der Waals surface area contributed by atoms with Crippen LogP contribution in [0, 0.1) is 0 Å². The van der Waals surface area contributed by atoms with Gasteiger partial charge in [-0.05, 0) is 26.0 Å². The first-order valence-electron chi connectivity index (χ1n) is 6.44. The fourth-order valence-electron chi connectivity index (χ4n) is 1.89. The highest BCUT2D eigenvalue weighted by Crippen LogP contribution is 2.37. The summed E-state index contributed by atoms with van der Waals surface area (Å²) in [6, 6.07) is 3.20. The van der Waals surface area contributed by atoms with Crippen LogP contribution in [0.2, 0.25) is 5.02 Å². The number of benzene rings is 1. The van der Waals surface area contributed by atoms with E-state index < -0.39 is 11.7 Å². The summed E-state index contributed by atoms with van der Waals surface area (Å²) < 4.78 is 38.1. The molecule has 0 aliphatic carbocycles. The number of hydrogen-bond donors (Lipinski definition) is 2. The van der Waals surface area contributed by atoms with Crippen molar-refractivity contribution < 1.29 is 13.2 Å². The van der Waals surface area contributed by atoms with Crippen molar-refractivity contribution in [1.29, 1.82) is 0 Å². The number of nitrogens with one attached hydrogen (secondary N) is 1. The molecule has 1 heterocycles. The topological polar surface area (TPSA) is 63.8 Å². The number of halogens is 4. The van der Waals surface area contributed by atoms with Gasteiger partial charge in [-0.2, -0.15) is 18.2 Å². The molecule has 1 aromatic heterocycles. The molecule has 22 heavy (non-hydrogen) atoms. The van der Waals surface area contributed by atoms with E-state index in [1.807, 2.05) is 13.8 Å². The summed E-state index contributed by atoms with van der Waals surface area (Å²) in [5, 5.41) is 3.04. The zero-order chi connectivity index (χ0) is 16.5. The van der Waals surface area contributed by atoms with Crippen molar-refractivity contribution in [1.82, 2.24) is 9.97 Å². The van der Waals surface area contributed by atoms with Gasteiger partial charge < -0.3 is 11.1 Å². The lowest BCUT2D eigenvalue weighted by molar-refractivity contribution is -0.137. The lowest BCUT2D eigenvalue weighted by atomic mass is 10.0. The van der Waals surface area contributed by atoms with Crippen molar-refractivity contribution in [3.63, 3.8) is 0 Å². The average Bonchev–Trinajstić information content (AvgIpc) is 2.38. The smallest absolute Gasteiger partial charge is 0.368 e. The van der Waals surface area contributed by atoms with Crippen LogP contribution in [0.1, 0.15) is 19.4 Å². The monoisotopic (exact) mass is 330 g/mol. The quantitative estimate of drug-likeness (QED) is 0.884. The Labute approximate surface area is 130 Å². The molecule has 0 fully saturated rings. The maximum absolute atomic E-state index is 12.7. The van der Waals surface area contributed by atoms with Gasteiger partial charge in [-0.3, -0.25) is 0 Å². The van der Waals surface area contributed by atoms with Crippen molar-refractivity contribution in [2.24, 2.45) is 0 Å². The van der Waals surface area contributed by atoms with Crippen molar-refractivity contribution >= 4 is 23.4 Å². The molecular weight excluding hydrogens is 317 g/mol. The zero-order valence-corrected chi connectivity index (χ0v) is 12.6. The van der Waals surface area contributed by atoms with E-state index in [-0.39, 0.29) is 17.0 Å². The van der Waals surface area contributed by atoms with Crippen LogP contribution in [-0.4, -0.2) is 16.0 Å². The first-order chi connectivity index (χ1) is 10.2. The summed E-state index contributed by atoms with van der Waals surface area (Å²) in [4.78, 5) is 7.96. The predicted molar refractivity (Wildman–Crippen MR) is 80.7 cm³/mol.